The van der Waals surface area contributed by atoms with Gasteiger partial charge in [0.05, 0.1) is 18.1 Å². The molecule has 4 aromatic heterocycles. The Kier molecular flexibility index (Phi) is 5.64. The molecule has 0 radical (unpaired) electrons. The maximum atomic E-state index is 12.9. The summed E-state index contributed by atoms with van der Waals surface area (Å²) in [5.74, 6) is 1.61. The van der Waals surface area contributed by atoms with Crippen molar-refractivity contribution in [1.82, 2.24) is 44.5 Å². The molecule has 5 aromatic rings. The Morgan fingerprint density at radius 3 is 2.77 bits per heavy atom. The molecule has 198 valence electrons. The van der Waals surface area contributed by atoms with Crippen LogP contribution in [0, 0.1) is 6.92 Å². The molecule has 6 heterocycles. The number of anilines is 1. The zero-order valence-corrected chi connectivity index (χ0v) is 22.0. The Morgan fingerprint density at radius 1 is 1.08 bits per heavy atom. The molecule has 39 heavy (non-hydrogen) atoms. The van der Waals surface area contributed by atoms with Crippen LogP contribution in [0.5, 0.6) is 0 Å². The number of hydrogen-bond donors (Lipinski definition) is 1. The predicted molar refractivity (Wildman–Crippen MR) is 146 cm³/mol. The molecule has 1 saturated heterocycles. The highest BCUT2D eigenvalue weighted by molar-refractivity contribution is 5.90. The van der Waals surface area contributed by atoms with Crippen LogP contribution < -0.4 is 4.90 Å². The molecule has 11 nitrogen and oxygen atoms in total. The summed E-state index contributed by atoms with van der Waals surface area (Å²) in [6, 6.07) is 10.4. The van der Waals surface area contributed by atoms with E-state index in [4.69, 9.17) is 10.1 Å². The second-order valence-corrected chi connectivity index (χ2v) is 10.5. The Morgan fingerprint density at radius 2 is 1.95 bits per heavy atom. The van der Waals surface area contributed by atoms with Gasteiger partial charge in [-0.2, -0.15) is 15.3 Å². The van der Waals surface area contributed by atoms with Gasteiger partial charge < -0.3 is 9.80 Å². The van der Waals surface area contributed by atoms with Crippen LogP contribution in [-0.2, 0) is 0 Å². The molecule has 2 atom stereocenters. The van der Waals surface area contributed by atoms with E-state index in [0.717, 1.165) is 66.3 Å². The first-order valence-electron chi connectivity index (χ1n) is 13.5. The quantitative estimate of drug-likeness (QED) is 0.383. The summed E-state index contributed by atoms with van der Waals surface area (Å²) in [5.41, 5.74) is 6.18. The van der Waals surface area contributed by atoms with Crippen LogP contribution in [0.15, 0.2) is 55.2 Å². The molecule has 2 unspecified atom stereocenters. The number of aromatic amines is 1. The van der Waals surface area contributed by atoms with Gasteiger partial charge in [0, 0.05) is 60.2 Å². The number of nitrogens with zero attached hydrogens (tertiary/aromatic N) is 9. The Balaban J connectivity index is 1.20. The lowest BCUT2D eigenvalue weighted by molar-refractivity contribution is 0.0749. The van der Waals surface area contributed by atoms with E-state index in [-0.39, 0.29) is 5.91 Å². The van der Waals surface area contributed by atoms with Gasteiger partial charge in [0.2, 0.25) is 5.82 Å². The highest BCUT2D eigenvalue weighted by Crippen LogP contribution is 2.41. The Bertz CT molecular complexity index is 1640. The number of likely N-dealkylation sites (tertiary alicyclic amines) is 1. The third-order valence-corrected chi connectivity index (χ3v) is 8.10. The number of rotatable bonds is 4. The fourth-order valence-corrected chi connectivity index (χ4v) is 6.16. The number of H-pyrrole nitrogens is 1. The average Bonchev–Trinajstić information content (AvgIpc) is 3.74. The normalized spacial score (nSPS) is 19.4. The van der Waals surface area contributed by atoms with Crippen molar-refractivity contribution < 1.29 is 4.79 Å². The molecular weight excluding hydrogens is 492 g/mol. The predicted octanol–water partition coefficient (Wildman–Crippen LogP) is 3.63. The third kappa shape index (κ3) is 3.96. The van der Waals surface area contributed by atoms with E-state index in [1.54, 1.807) is 0 Å². The average molecular weight is 523 g/mol. The van der Waals surface area contributed by atoms with Crippen LogP contribution in [0.4, 0.5) is 5.82 Å². The van der Waals surface area contributed by atoms with E-state index >= 15 is 0 Å². The summed E-state index contributed by atoms with van der Waals surface area (Å²) in [4.78, 5) is 26.5. The van der Waals surface area contributed by atoms with Crippen LogP contribution in [0.1, 0.15) is 54.0 Å². The van der Waals surface area contributed by atoms with Crippen LogP contribution >= 0.6 is 0 Å². The number of para-hydroxylation sites is 1. The van der Waals surface area contributed by atoms with Gasteiger partial charge in [0.1, 0.15) is 12.1 Å². The zero-order chi connectivity index (χ0) is 26.5. The van der Waals surface area contributed by atoms with Crippen molar-refractivity contribution >= 4 is 17.4 Å². The van der Waals surface area contributed by atoms with Gasteiger partial charge in [0.25, 0.3) is 5.91 Å². The molecule has 1 fully saturated rings. The number of carbonyl (C=O) groups is 1. The van der Waals surface area contributed by atoms with Gasteiger partial charge in [-0.15, -0.1) is 0 Å². The molecule has 2 aliphatic heterocycles. The third-order valence-electron chi connectivity index (χ3n) is 8.10. The summed E-state index contributed by atoms with van der Waals surface area (Å²) in [6.45, 7) is 6.73. The SMILES string of the molecule is Cc1c2c(nc3c(-c4cnn(-c5ccccc5)c4)cnn13)N(C1CCCN(C(=O)c3ncn[nH]3)CC1)CC2C. The molecule has 1 amide bonds. The fourth-order valence-electron chi connectivity index (χ4n) is 6.16. The molecule has 7 rings (SSSR count). The van der Waals surface area contributed by atoms with Crippen molar-refractivity contribution in [3.63, 3.8) is 0 Å². The van der Waals surface area contributed by atoms with Crippen molar-refractivity contribution in [2.45, 2.75) is 45.1 Å². The van der Waals surface area contributed by atoms with E-state index < -0.39 is 0 Å². The minimum absolute atomic E-state index is 0.0843. The zero-order valence-electron chi connectivity index (χ0n) is 22.0. The Labute approximate surface area is 225 Å². The second-order valence-electron chi connectivity index (χ2n) is 10.5. The number of fused-ring (bicyclic) bond motifs is 2. The van der Waals surface area contributed by atoms with Gasteiger partial charge in [-0.25, -0.2) is 19.2 Å². The van der Waals surface area contributed by atoms with Crippen molar-refractivity contribution in [2.75, 3.05) is 24.5 Å². The van der Waals surface area contributed by atoms with Crippen LogP contribution in [0.3, 0.4) is 0 Å². The highest BCUT2D eigenvalue weighted by Gasteiger charge is 2.36. The standard InChI is InChI=1S/C28H30N10O/c1-18-15-36(21-9-6-11-35(12-10-21)28(39)25-29-17-30-34-25)27-24(18)19(2)38-26(33-27)23(14-32-38)20-13-31-37(16-20)22-7-4-3-5-8-22/h3-5,7-8,13-14,16-18,21H,6,9-12,15H2,1-2H3,(H,29,30,34). The van der Waals surface area contributed by atoms with Crippen molar-refractivity contribution in [2.24, 2.45) is 0 Å². The summed E-state index contributed by atoms with van der Waals surface area (Å²) < 4.78 is 3.85. The minimum atomic E-state index is -0.0843. The lowest BCUT2D eigenvalue weighted by Crippen LogP contribution is -2.37. The van der Waals surface area contributed by atoms with E-state index in [0.29, 0.717) is 24.3 Å². The summed E-state index contributed by atoms with van der Waals surface area (Å²) >= 11 is 0. The number of amides is 1. The number of nitrogens with one attached hydrogen (secondary N) is 1. The molecule has 0 saturated carbocycles. The highest BCUT2D eigenvalue weighted by atomic mass is 16.2. The van der Waals surface area contributed by atoms with Gasteiger partial charge in [-0.1, -0.05) is 25.1 Å². The number of carbonyl (C=O) groups excluding carboxylic acids is 1. The first-order valence-corrected chi connectivity index (χ1v) is 13.5. The molecule has 2 aliphatic rings. The molecule has 0 bridgehead atoms. The Hall–Kier alpha value is -4.54. The monoisotopic (exact) mass is 522 g/mol. The lowest BCUT2D eigenvalue weighted by atomic mass is 10.0. The smallest absolute Gasteiger partial charge is 0.291 e. The van der Waals surface area contributed by atoms with Gasteiger partial charge in [-0.3, -0.25) is 9.89 Å². The fraction of sp³-hybridized carbons (Fsp3) is 0.357. The number of aryl methyl sites for hydroxylation is 1. The van der Waals surface area contributed by atoms with E-state index in [9.17, 15) is 4.79 Å². The number of aromatic nitrogens is 8. The number of hydrogen-bond acceptors (Lipinski definition) is 7. The molecule has 0 spiro atoms. The maximum Gasteiger partial charge on any atom is 0.291 e. The van der Waals surface area contributed by atoms with Crippen LogP contribution in [0.2, 0.25) is 0 Å². The van der Waals surface area contributed by atoms with Crippen LogP contribution in [0.25, 0.3) is 22.5 Å². The molecule has 0 aliphatic carbocycles. The van der Waals surface area contributed by atoms with E-state index in [1.165, 1.54) is 11.9 Å². The molecule has 1 aromatic carbocycles. The van der Waals surface area contributed by atoms with Crippen molar-refractivity contribution in [3.05, 3.63) is 72.3 Å². The first-order chi connectivity index (χ1) is 19.1. The largest absolute Gasteiger partial charge is 0.353 e. The molecular formula is C28H30N10O. The van der Waals surface area contributed by atoms with E-state index in [2.05, 4.69) is 39.0 Å². The molecule has 1 N–H and O–H groups in total. The topological polar surface area (TPSA) is 113 Å². The van der Waals surface area contributed by atoms with Gasteiger partial charge in [-0.05, 0) is 38.3 Å². The summed E-state index contributed by atoms with van der Waals surface area (Å²) in [5, 5.41) is 15.9. The minimum Gasteiger partial charge on any atom is -0.353 e. The molecule has 11 heteroatoms. The number of benzene rings is 1. The van der Waals surface area contributed by atoms with Crippen molar-refractivity contribution in [3.8, 4) is 16.8 Å². The van der Waals surface area contributed by atoms with Crippen molar-refractivity contribution in [1.29, 1.82) is 0 Å². The summed E-state index contributed by atoms with van der Waals surface area (Å²) in [7, 11) is 0. The lowest BCUT2D eigenvalue weighted by Gasteiger charge is -2.29. The second kappa shape index (κ2) is 9.33. The van der Waals surface area contributed by atoms with E-state index in [1.807, 2.05) is 63.0 Å². The maximum absolute atomic E-state index is 12.9. The van der Waals surface area contributed by atoms with Gasteiger partial charge >= 0.3 is 0 Å². The summed E-state index contributed by atoms with van der Waals surface area (Å²) in [6.07, 6.45) is 10.0. The van der Waals surface area contributed by atoms with Crippen LogP contribution in [-0.4, -0.2) is 76.0 Å². The van der Waals surface area contributed by atoms with Gasteiger partial charge in [0.15, 0.2) is 5.65 Å². The first kappa shape index (κ1) is 23.6.